The minimum atomic E-state index is -2.91. The van der Waals surface area contributed by atoms with Crippen molar-refractivity contribution in [3.63, 3.8) is 0 Å². The lowest BCUT2D eigenvalue weighted by Gasteiger charge is -2.22. The second-order valence-corrected chi connectivity index (χ2v) is 5.29. The van der Waals surface area contributed by atoms with Gasteiger partial charge in [-0.05, 0) is 19.3 Å². The molecule has 1 N–H and O–H groups in total. The van der Waals surface area contributed by atoms with Crippen LogP contribution in [0, 0.1) is 0 Å². The molecule has 1 atom stereocenters. The second-order valence-electron chi connectivity index (χ2n) is 3.42. The summed E-state index contributed by atoms with van der Waals surface area (Å²) in [7, 11) is -2.91. The van der Waals surface area contributed by atoms with E-state index < -0.39 is 10.0 Å². The topological polar surface area (TPSA) is 46.2 Å². The van der Waals surface area contributed by atoms with Gasteiger partial charge < -0.3 is 0 Å². The average Bonchev–Trinajstić information content (AvgIpc) is 1.99. The molecule has 3 nitrogen and oxygen atoms in total. The summed E-state index contributed by atoms with van der Waals surface area (Å²) in [5.41, 5.74) is 0. The highest BCUT2D eigenvalue weighted by Gasteiger charge is 2.22. The molecule has 1 rings (SSSR count). The third kappa shape index (κ3) is 3.11. The molecule has 1 saturated heterocycles. The molecule has 1 aliphatic heterocycles. The third-order valence-electron chi connectivity index (χ3n) is 2.22. The molecule has 0 aromatic carbocycles. The van der Waals surface area contributed by atoms with Gasteiger partial charge in [-0.15, -0.1) is 0 Å². The fourth-order valence-electron chi connectivity index (χ4n) is 1.55. The highest BCUT2D eigenvalue weighted by molar-refractivity contribution is 7.89. The first-order chi connectivity index (χ1) is 5.64. The predicted molar refractivity (Wildman–Crippen MR) is 49.5 cm³/mol. The van der Waals surface area contributed by atoms with Crippen molar-refractivity contribution in [2.24, 2.45) is 0 Å². The summed E-state index contributed by atoms with van der Waals surface area (Å²) in [5, 5.41) is 0. The van der Waals surface area contributed by atoms with Crippen molar-refractivity contribution in [2.45, 2.75) is 45.1 Å². The van der Waals surface area contributed by atoms with Crippen LogP contribution in [-0.4, -0.2) is 20.2 Å². The van der Waals surface area contributed by atoms with Gasteiger partial charge in [-0.3, -0.25) is 0 Å². The Morgan fingerprint density at radius 3 is 2.83 bits per heavy atom. The summed E-state index contributed by atoms with van der Waals surface area (Å²) in [4.78, 5) is 0. The largest absolute Gasteiger partial charge is 0.212 e. The summed E-state index contributed by atoms with van der Waals surface area (Å²) >= 11 is 0. The standard InChI is InChI=1S/C8H17NO2S/c1-2-3-5-8-6-4-7-12(10,11)9-8/h8-9H,2-7H2,1H3/t8-/m1/s1. The summed E-state index contributed by atoms with van der Waals surface area (Å²) in [5.74, 6) is 0.315. The smallest absolute Gasteiger partial charge is 0.211 e. The lowest BCUT2D eigenvalue weighted by Crippen LogP contribution is -2.40. The van der Waals surface area contributed by atoms with E-state index >= 15 is 0 Å². The zero-order valence-corrected chi connectivity index (χ0v) is 8.36. The van der Waals surface area contributed by atoms with Gasteiger partial charge in [0.25, 0.3) is 0 Å². The van der Waals surface area contributed by atoms with Gasteiger partial charge in [0.15, 0.2) is 0 Å². The molecule has 0 aromatic heterocycles. The number of nitrogens with one attached hydrogen (secondary N) is 1. The second kappa shape index (κ2) is 4.23. The van der Waals surface area contributed by atoms with E-state index in [1.165, 1.54) is 0 Å². The van der Waals surface area contributed by atoms with Crippen molar-refractivity contribution in [1.29, 1.82) is 0 Å². The Morgan fingerprint density at radius 1 is 1.50 bits per heavy atom. The van der Waals surface area contributed by atoms with Crippen LogP contribution in [0.2, 0.25) is 0 Å². The fraction of sp³-hybridized carbons (Fsp3) is 1.00. The van der Waals surface area contributed by atoms with Gasteiger partial charge >= 0.3 is 0 Å². The number of hydrogen-bond donors (Lipinski definition) is 1. The molecular formula is C8H17NO2S. The molecule has 0 unspecified atom stereocenters. The maximum atomic E-state index is 11.1. The summed E-state index contributed by atoms with van der Waals surface area (Å²) in [6.45, 7) is 2.12. The van der Waals surface area contributed by atoms with Crippen LogP contribution in [0.4, 0.5) is 0 Å². The van der Waals surface area contributed by atoms with Gasteiger partial charge in [0.2, 0.25) is 10.0 Å². The van der Waals surface area contributed by atoms with E-state index in [0.717, 1.165) is 32.1 Å². The Balaban J connectivity index is 2.36. The highest BCUT2D eigenvalue weighted by Crippen LogP contribution is 2.13. The van der Waals surface area contributed by atoms with Crippen LogP contribution in [0.25, 0.3) is 0 Å². The van der Waals surface area contributed by atoms with E-state index in [1.54, 1.807) is 0 Å². The van der Waals surface area contributed by atoms with Crippen LogP contribution >= 0.6 is 0 Å². The average molecular weight is 191 g/mol. The molecule has 1 fully saturated rings. The van der Waals surface area contributed by atoms with E-state index in [-0.39, 0.29) is 6.04 Å². The van der Waals surface area contributed by atoms with E-state index in [2.05, 4.69) is 11.6 Å². The monoisotopic (exact) mass is 191 g/mol. The Bertz CT molecular complexity index is 223. The maximum absolute atomic E-state index is 11.1. The van der Waals surface area contributed by atoms with Crippen molar-refractivity contribution in [3.8, 4) is 0 Å². The Kier molecular flexibility index (Phi) is 3.53. The minimum Gasteiger partial charge on any atom is -0.212 e. The minimum absolute atomic E-state index is 0.212. The predicted octanol–water partition coefficient (Wildman–Crippen LogP) is 1.26. The molecule has 0 radical (unpaired) electrons. The fourth-order valence-corrected chi connectivity index (χ4v) is 2.95. The molecule has 1 heterocycles. The first kappa shape index (κ1) is 9.99. The van der Waals surface area contributed by atoms with E-state index in [4.69, 9.17) is 0 Å². The lowest BCUT2D eigenvalue weighted by atomic mass is 10.1. The quantitative estimate of drug-likeness (QED) is 0.730. The van der Waals surface area contributed by atoms with Crippen LogP contribution in [0.1, 0.15) is 39.0 Å². The van der Waals surface area contributed by atoms with Crippen LogP contribution < -0.4 is 4.72 Å². The summed E-state index contributed by atoms with van der Waals surface area (Å²) in [6.07, 6.45) is 5.09. The molecule has 4 heteroatoms. The van der Waals surface area contributed by atoms with Crippen molar-refractivity contribution in [3.05, 3.63) is 0 Å². The molecule has 0 saturated carbocycles. The van der Waals surface area contributed by atoms with Gasteiger partial charge in [-0.2, -0.15) is 0 Å². The molecule has 0 bridgehead atoms. The molecule has 12 heavy (non-hydrogen) atoms. The molecule has 0 aromatic rings. The van der Waals surface area contributed by atoms with Crippen LogP contribution in [0.3, 0.4) is 0 Å². The molecule has 0 amide bonds. The lowest BCUT2D eigenvalue weighted by molar-refractivity contribution is 0.461. The number of sulfonamides is 1. The zero-order valence-electron chi connectivity index (χ0n) is 7.54. The Morgan fingerprint density at radius 2 is 2.25 bits per heavy atom. The van der Waals surface area contributed by atoms with Gasteiger partial charge in [0, 0.05) is 6.04 Å². The Hall–Kier alpha value is -0.0900. The van der Waals surface area contributed by atoms with E-state index in [1.807, 2.05) is 0 Å². The van der Waals surface area contributed by atoms with Gasteiger partial charge in [-0.1, -0.05) is 19.8 Å². The molecule has 0 spiro atoms. The number of unbranched alkanes of at least 4 members (excludes halogenated alkanes) is 1. The van der Waals surface area contributed by atoms with E-state index in [0.29, 0.717) is 5.75 Å². The van der Waals surface area contributed by atoms with Crippen molar-refractivity contribution in [2.75, 3.05) is 5.75 Å². The SMILES string of the molecule is CCCC[C@@H]1CCCS(=O)(=O)N1. The third-order valence-corrected chi connectivity index (χ3v) is 3.74. The van der Waals surface area contributed by atoms with Gasteiger partial charge in [0.05, 0.1) is 5.75 Å². The van der Waals surface area contributed by atoms with Gasteiger partial charge in [0.1, 0.15) is 0 Å². The molecular weight excluding hydrogens is 174 g/mol. The molecule has 1 aliphatic rings. The Labute approximate surface area is 74.6 Å². The summed E-state index contributed by atoms with van der Waals surface area (Å²) < 4.78 is 24.9. The normalized spacial score (nSPS) is 28.6. The van der Waals surface area contributed by atoms with Crippen molar-refractivity contribution in [1.82, 2.24) is 4.72 Å². The van der Waals surface area contributed by atoms with Crippen LogP contribution in [0.5, 0.6) is 0 Å². The van der Waals surface area contributed by atoms with Crippen molar-refractivity contribution >= 4 is 10.0 Å². The van der Waals surface area contributed by atoms with Crippen molar-refractivity contribution < 1.29 is 8.42 Å². The number of rotatable bonds is 3. The summed E-state index contributed by atoms with van der Waals surface area (Å²) in [6, 6.07) is 0.212. The molecule has 0 aliphatic carbocycles. The first-order valence-corrected chi connectivity index (χ1v) is 6.29. The van der Waals surface area contributed by atoms with Crippen LogP contribution in [-0.2, 0) is 10.0 Å². The number of hydrogen-bond acceptors (Lipinski definition) is 2. The molecule has 72 valence electrons. The van der Waals surface area contributed by atoms with Crippen LogP contribution in [0.15, 0.2) is 0 Å². The highest BCUT2D eigenvalue weighted by atomic mass is 32.2. The van der Waals surface area contributed by atoms with E-state index in [9.17, 15) is 8.42 Å². The maximum Gasteiger partial charge on any atom is 0.211 e. The zero-order chi connectivity index (χ0) is 9.03. The van der Waals surface area contributed by atoms with Gasteiger partial charge in [-0.25, -0.2) is 13.1 Å². The first-order valence-electron chi connectivity index (χ1n) is 4.64.